The second-order valence-electron chi connectivity index (χ2n) is 4.28. The lowest BCUT2D eigenvalue weighted by Gasteiger charge is -2.23. The van der Waals surface area contributed by atoms with Crippen LogP contribution in [0.4, 0.5) is 8.78 Å². The highest BCUT2D eigenvalue weighted by atomic mass is 19.3. The van der Waals surface area contributed by atoms with Crippen LogP contribution >= 0.6 is 0 Å². The smallest absolute Gasteiger partial charge is 0.262 e. The van der Waals surface area contributed by atoms with Gasteiger partial charge in [0.15, 0.2) is 0 Å². The molecule has 0 saturated carbocycles. The molecular formula is C10H16F2N2O2. The van der Waals surface area contributed by atoms with E-state index in [1.165, 1.54) is 0 Å². The van der Waals surface area contributed by atoms with Gasteiger partial charge in [0.05, 0.1) is 19.2 Å². The van der Waals surface area contributed by atoms with Crippen LogP contribution in [0.5, 0.6) is 0 Å². The summed E-state index contributed by atoms with van der Waals surface area (Å²) in [6.45, 7) is 1.84. The maximum absolute atomic E-state index is 12.9. The van der Waals surface area contributed by atoms with Gasteiger partial charge in [0, 0.05) is 26.1 Å². The van der Waals surface area contributed by atoms with E-state index in [1.54, 1.807) is 4.90 Å². The zero-order chi connectivity index (χ0) is 11.6. The number of nitrogens with one attached hydrogen (secondary N) is 1. The molecular weight excluding hydrogens is 218 g/mol. The van der Waals surface area contributed by atoms with Gasteiger partial charge in [0.25, 0.3) is 5.92 Å². The molecule has 2 rings (SSSR count). The fourth-order valence-electron chi connectivity index (χ4n) is 2.08. The maximum Gasteiger partial charge on any atom is 0.262 e. The summed E-state index contributed by atoms with van der Waals surface area (Å²) < 4.78 is 31.1. The van der Waals surface area contributed by atoms with E-state index >= 15 is 0 Å². The Morgan fingerprint density at radius 3 is 2.88 bits per heavy atom. The van der Waals surface area contributed by atoms with Crippen LogP contribution in [-0.2, 0) is 9.53 Å². The molecule has 2 saturated heterocycles. The molecule has 2 aliphatic rings. The molecule has 0 radical (unpaired) electrons. The average molecular weight is 234 g/mol. The SMILES string of the molecule is O=C(C1CC(F)(F)CN1)N1CCCOCC1. The van der Waals surface area contributed by atoms with Crippen molar-refractivity contribution < 1.29 is 18.3 Å². The highest BCUT2D eigenvalue weighted by Gasteiger charge is 2.43. The number of hydrogen-bond acceptors (Lipinski definition) is 3. The average Bonchev–Trinajstić information content (AvgIpc) is 2.48. The standard InChI is InChI=1S/C10H16F2N2O2/c11-10(12)6-8(13-7-10)9(15)14-2-1-4-16-5-3-14/h8,13H,1-7H2. The molecule has 1 atom stereocenters. The highest BCUT2D eigenvalue weighted by Crippen LogP contribution is 2.26. The van der Waals surface area contributed by atoms with Crippen LogP contribution in [0, 0.1) is 0 Å². The van der Waals surface area contributed by atoms with Crippen molar-refractivity contribution in [2.24, 2.45) is 0 Å². The highest BCUT2D eigenvalue weighted by molar-refractivity contribution is 5.82. The fourth-order valence-corrected chi connectivity index (χ4v) is 2.08. The molecule has 0 spiro atoms. The van der Waals surface area contributed by atoms with Gasteiger partial charge < -0.3 is 9.64 Å². The lowest BCUT2D eigenvalue weighted by atomic mass is 10.1. The first kappa shape index (κ1) is 11.7. The minimum atomic E-state index is -2.75. The first-order valence-electron chi connectivity index (χ1n) is 5.56. The molecule has 1 unspecified atom stereocenters. The lowest BCUT2D eigenvalue weighted by molar-refractivity contribution is -0.133. The molecule has 2 fully saturated rings. The molecule has 2 aliphatic heterocycles. The molecule has 0 bridgehead atoms. The number of carbonyl (C=O) groups is 1. The van der Waals surface area contributed by atoms with Crippen molar-refractivity contribution in [3.8, 4) is 0 Å². The van der Waals surface area contributed by atoms with Gasteiger partial charge in [-0.05, 0) is 6.42 Å². The van der Waals surface area contributed by atoms with E-state index < -0.39 is 18.5 Å². The molecule has 0 aromatic carbocycles. The van der Waals surface area contributed by atoms with Crippen LogP contribution in [-0.4, -0.2) is 55.6 Å². The largest absolute Gasteiger partial charge is 0.380 e. The monoisotopic (exact) mass is 234 g/mol. The summed E-state index contributed by atoms with van der Waals surface area (Å²) in [5.41, 5.74) is 0. The third kappa shape index (κ3) is 2.68. The number of carbonyl (C=O) groups excluding carboxylic acids is 1. The van der Waals surface area contributed by atoms with Gasteiger partial charge >= 0.3 is 0 Å². The number of amides is 1. The van der Waals surface area contributed by atoms with Crippen LogP contribution in [0.3, 0.4) is 0 Å². The summed E-state index contributed by atoms with van der Waals surface area (Å²) in [4.78, 5) is 13.5. The topological polar surface area (TPSA) is 41.6 Å². The first-order chi connectivity index (χ1) is 7.58. The van der Waals surface area contributed by atoms with E-state index in [0.29, 0.717) is 26.3 Å². The van der Waals surface area contributed by atoms with E-state index in [1.807, 2.05) is 0 Å². The van der Waals surface area contributed by atoms with Crippen molar-refractivity contribution in [3.63, 3.8) is 0 Å². The number of alkyl halides is 2. The summed E-state index contributed by atoms with van der Waals surface area (Å²) >= 11 is 0. The van der Waals surface area contributed by atoms with E-state index in [9.17, 15) is 13.6 Å². The van der Waals surface area contributed by atoms with Crippen molar-refractivity contribution in [3.05, 3.63) is 0 Å². The Morgan fingerprint density at radius 1 is 1.38 bits per heavy atom. The Hall–Kier alpha value is -0.750. The molecule has 2 heterocycles. The van der Waals surface area contributed by atoms with Crippen molar-refractivity contribution in [2.45, 2.75) is 24.8 Å². The second kappa shape index (κ2) is 4.63. The van der Waals surface area contributed by atoms with Crippen LogP contribution in [0.1, 0.15) is 12.8 Å². The predicted molar refractivity (Wildman–Crippen MR) is 53.4 cm³/mol. The maximum atomic E-state index is 12.9. The molecule has 0 aromatic rings. The van der Waals surface area contributed by atoms with Crippen LogP contribution in [0.25, 0.3) is 0 Å². The quantitative estimate of drug-likeness (QED) is 0.706. The normalized spacial score (nSPS) is 30.1. The Bertz CT molecular complexity index is 259. The molecule has 1 amide bonds. The summed E-state index contributed by atoms with van der Waals surface area (Å²) in [5.74, 6) is -2.97. The van der Waals surface area contributed by atoms with Gasteiger partial charge in [-0.25, -0.2) is 8.78 Å². The van der Waals surface area contributed by atoms with Crippen molar-refractivity contribution in [2.75, 3.05) is 32.8 Å². The summed E-state index contributed by atoms with van der Waals surface area (Å²) in [6.07, 6.45) is 0.387. The van der Waals surface area contributed by atoms with Crippen LogP contribution in [0.15, 0.2) is 0 Å². The minimum Gasteiger partial charge on any atom is -0.380 e. The van der Waals surface area contributed by atoms with Gasteiger partial charge in [-0.2, -0.15) is 0 Å². The summed E-state index contributed by atoms with van der Waals surface area (Å²) in [5, 5.41) is 2.58. The number of rotatable bonds is 1. The zero-order valence-electron chi connectivity index (χ0n) is 9.05. The summed E-state index contributed by atoms with van der Waals surface area (Å²) in [7, 11) is 0. The number of nitrogens with zero attached hydrogens (tertiary/aromatic N) is 1. The van der Waals surface area contributed by atoms with Crippen molar-refractivity contribution in [1.82, 2.24) is 10.2 Å². The van der Waals surface area contributed by atoms with E-state index in [-0.39, 0.29) is 12.3 Å². The van der Waals surface area contributed by atoms with Crippen LogP contribution < -0.4 is 5.32 Å². The van der Waals surface area contributed by atoms with Gasteiger partial charge in [-0.15, -0.1) is 0 Å². The van der Waals surface area contributed by atoms with Gasteiger partial charge in [-0.1, -0.05) is 0 Å². The lowest BCUT2D eigenvalue weighted by Crippen LogP contribution is -2.44. The van der Waals surface area contributed by atoms with Crippen LogP contribution in [0.2, 0.25) is 0 Å². The molecule has 4 nitrogen and oxygen atoms in total. The van der Waals surface area contributed by atoms with E-state index in [4.69, 9.17) is 4.74 Å². The number of ether oxygens (including phenoxy) is 1. The Morgan fingerprint density at radius 2 is 2.19 bits per heavy atom. The molecule has 0 aliphatic carbocycles. The molecule has 16 heavy (non-hydrogen) atoms. The van der Waals surface area contributed by atoms with Gasteiger partial charge in [-0.3, -0.25) is 10.1 Å². The van der Waals surface area contributed by atoms with Crippen molar-refractivity contribution in [1.29, 1.82) is 0 Å². The Kier molecular flexibility index (Phi) is 3.39. The Labute approximate surface area is 92.9 Å². The van der Waals surface area contributed by atoms with Gasteiger partial charge in [0.2, 0.25) is 5.91 Å². The fraction of sp³-hybridized carbons (Fsp3) is 0.900. The summed E-state index contributed by atoms with van der Waals surface area (Å²) in [6, 6.07) is -0.729. The van der Waals surface area contributed by atoms with Crippen molar-refractivity contribution >= 4 is 5.91 Å². The second-order valence-corrected chi connectivity index (χ2v) is 4.28. The molecule has 92 valence electrons. The molecule has 6 heteroatoms. The first-order valence-corrected chi connectivity index (χ1v) is 5.56. The third-order valence-electron chi connectivity index (χ3n) is 2.94. The Balaban J connectivity index is 1.91. The minimum absolute atomic E-state index is 0.220. The van der Waals surface area contributed by atoms with E-state index in [0.717, 1.165) is 6.42 Å². The molecule has 1 N–H and O–H groups in total. The number of hydrogen-bond donors (Lipinski definition) is 1. The number of halogens is 2. The zero-order valence-corrected chi connectivity index (χ0v) is 9.05. The van der Waals surface area contributed by atoms with Gasteiger partial charge in [0.1, 0.15) is 0 Å². The van der Waals surface area contributed by atoms with E-state index in [2.05, 4.69) is 5.32 Å². The third-order valence-corrected chi connectivity index (χ3v) is 2.94. The molecule has 0 aromatic heterocycles. The predicted octanol–water partition coefficient (Wildman–Crippen LogP) is 0.232.